The van der Waals surface area contributed by atoms with Gasteiger partial charge in [-0.1, -0.05) is 6.07 Å². The van der Waals surface area contributed by atoms with Crippen molar-refractivity contribution in [2.45, 2.75) is 26.4 Å². The number of nitro benzene ring substituents is 1. The number of nitrogens with zero attached hydrogens (tertiary/aromatic N) is 3. The molecule has 0 saturated carbocycles. The van der Waals surface area contributed by atoms with Gasteiger partial charge < -0.3 is 15.0 Å². The molecule has 1 aromatic carbocycles. The molecular weight excluding hydrogens is 388 g/mol. The van der Waals surface area contributed by atoms with E-state index in [0.29, 0.717) is 29.1 Å². The van der Waals surface area contributed by atoms with Gasteiger partial charge in [0.15, 0.2) is 0 Å². The molecule has 1 aliphatic rings. The lowest BCUT2D eigenvalue weighted by atomic mass is 9.89. The van der Waals surface area contributed by atoms with E-state index in [2.05, 4.69) is 5.32 Å². The van der Waals surface area contributed by atoms with E-state index < -0.39 is 10.5 Å². The molecule has 1 N–H and O–H groups in total. The van der Waals surface area contributed by atoms with Gasteiger partial charge in [0, 0.05) is 55.7 Å². The molecule has 0 saturated heterocycles. The molecule has 0 fully saturated rings. The van der Waals surface area contributed by atoms with Crippen molar-refractivity contribution in [1.82, 2.24) is 14.8 Å². The third-order valence-electron chi connectivity index (χ3n) is 5.11. The molecule has 1 aliphatic heterocycles. The Balaban J connectivity index is 2.24. The fraction of sp³-hybridized carbons (Fsp3) is 0.333. The standard InChI is InChI=1S/C21H24N4O5/c1-5-23(4)20(27)22-13-16-19(24-11-7-6-8-18(24)26)15-12-14(25(28)29)9-10-17(15)30-21(16,2)3/h6-12H,5,13H2,1-4H3,(H,22,27). The summed E-state index contributed by atoms with van der Waals surface area (Å²) >= 11 is 0. The fourth-order valence-corrected chi connectivity index (χ4v) is 3.32. The largest absolute Gasteiger partial charge is 0.483 e. The average Bonchev–Trinajstić information content (AvgIpc) is 2.70. The first kappa shape index (κ1) is 21.1. The van der Waals surface area contributed by atoms with E-state index in [1.54, 1.807) is 25.4 Å². The Hall–Kier alpha value is -3.62. The van der Waals surface area contributed by atoms with E-state index in [1.165, 1.54) is 33.7 Å². The lowest BCUT2D eigenvalue weighted by Gasteiger charge is -2.37. The summed E-state index contributed by atoms with van der Waals surface area (Å²) < 4.78 is 7.55. The monoisotopic (exact) mass is 412 g/mol. The summed E-state index contributed by atoms with van der Waals surface area (Å²) in [6, 6.07) is 8.75. The molecule has 2 amide bonds. The Morgan fingerprint density at radius 1 is 1.30 bits per heavy atom. The molecule has 0 unspecified atom stereocenters. The molecule has 0 atom stereocenters. The molecule has 0 radical (unpaired) electrons. The van der Waals surface area contributed by atoms with Crippen molar-refractivity contribution in [3.05, 3.63) is 74.2 Å². The van der Waals surface area contributed by atoms with Crippen molar-refractivity contribution in [3.63, 3.8) is 0 Å². The van der Waals surface area contributed by atoms with Crippen LogP contribution in [-0.4, -0.2) is 46.2 Å². The summed E-state index contributed by atoms with van der Waals surface area (Å²) in [4.78, 5) is 37.3. The number of nitro groups is 1. The van der Waals surface area contributed by atoms with E-state index in [1.807, 2.05) is 20.8 Å². The molecular formula is C21H24N4O5. The summed E-state index contributed by atoms with van der Waals surface area (Å²) in [6.07, 6.45) is 1.60. The predicted octanol–water partition coefficient (Wildman–Crippen LogP) is 2.85. The molecule has 2 aromatic rings. The number of rotatable bonds is 5. The average molecular weight is 412 g/mol. The highest BCUT2D eigenvalue weighted by atomic mass is 16.6. The van der Waals surface area contributed by atoms with Gasteiger partial charge in [-0.15, -0.1) is 0 Å². The number of carbonyl (C=O) groups is 1. The number of benzene rings is 1. The quantitative estimate of drug-likeness (QED) is 0.600. The molecule has 3 rings (SSSR count). The highest BCUT2D eigenvalue weighted by molar-refractivity contribution is 5.80. The minimum Gasteiger partial charge on any atom is -0.483 e. The number of aromatic nitrogens is 1. The SMILES string of the molecule is CCN(C)C(=O)NCC1=C(n2ccccc2=O)c2cc([N+](=O)[O-])ccc2OC1(C)C. The van der Waals surface area contributed by atoms with Crippen LogP contribution in [0.3, 0.4) is 0 Å². The van der Waals surface area contributed by atoms with E-state index >= 15 is 0 Å². The van der Waals surface area contributed by atoms with Gasteiger partial charge in [0.1, 0.15) is 11.4 Å². The van der Waals surface area contributed by atoms with Crippen LogP contribution in [0.15, 0.2) is 53.0 Å². The molecule has 9 heteroatoms. The van der Waals surface area contributed by atoms with E-state index in [9.17, 15) is 19.7 Å². The third-order valence-corrected chi connectivity index (χ3v) is 5.11. The summed E-state index contributed by atoms with van der Waals surface area (Å²) in [5, 5.41) is 14.2. The first-order valence-electron chi connectivity index (χ1n) is 9.54. The number of hydrogen-bond donors (Lipinski definition) is 1. The Kier molecular flexibility index (Phi) is 5.64. The number of non-ortho nitro benzene ring substituents is 1. The maximum absolute atomic E-state index is 12.7. The van der Waals surface area contributed by atoms with E-state index in [0.717, 1.165) is 0 Å². The zero-order valence-electron chi connectivity index (χ0n) is 17.3. The van der Waals surface area contributed by atoms with Gasteiger partial charge >= 0.3 is 6.03 Å². The molecule has 0 spiro atoms. The number of ether oxygens (including phenoxy) is 1. The number of pyridine rings is 1. The third kappa shape index (κ3) is 3.91. The minimum atomic E-state index is -0.869. The van der Waals surface area contributed by atoms with Crippen LogP contribution >= 0.6 is 0 Å². The van der Waals surface area contributed by atoms with Crippen LogP contribution in [0.2, 0.25) is 0 Å². The first-order valence-corrected chi connectivity index (χ1v) is 9.54. The lowest BCUT2D eigenvalue weighted by Crippen LogP contribution is -2.45. The molecule has 30 heavy (non-hydrogen) atoms. The van der Waals surface area contributed by atoms with E-state index in [4.69, 9.17) is 4.74 Å². The number of urea groups is 1. The Morgan fingerprint density at radius 3 is 2.67 bits per heavy atom. The maximum Gasteiger partial charge on any atom is 0.317 e. The van der Waals surface area contributed by atoms with Crippen molar-refractivity contribution in [2.75, 3.05) is 20.1 Å². The van der Waals surface area contributed by atoms with Crippen LogP contribution in [0.1, 0.15) is 26.3 Å². The second-order valence-electron chi connectivity index (χ2n) is 7.46. The number of carbonyl (C=O) groups excluding carboxylic acids is 1. The van der Waals surface area contributed by atoms with Crippen LogP contribution in [0, 0.1) is 10.1 Å². The molecule has 0 bridgehead atoms. The topological polar surface area (TPSA) is 107 Å². The fourth-order valence-electron chi connectivity index (χ4n) is 3.32. The van der Waals surface area contributed by atoms with Crippen LogP contribution in [0.5, 0.6) is 5.75 Å². The molecule has 9 nitrogen and oxygen atoms in total. The number of amides is 2. The van der Waals surface area contributed by atoms with Crippen molar-refractivity contribution in [1.29, 1.82) is 0 Å². The van der Waals surface area contributed by atoms with Gasteiger partial charge in [0.2, 0.25) is 0 Å². The van der Waals surface area contributed by atoms with Crippen LogP contribution < -0.4 is 15.6 Å². The van der Waals surface area contributed by atoms with Gasteiger partial charge in [-0.05, 0) is 32.9 Å². The van der Waals surface area contributed by atoms with Crippen molar-refractivity contribution in [2.24, 2.45) is 0 Å². The van der Waals surface area contributed by atoms with Crippen LogP contribution in [0.25, 0.3) is 5.70 Å². The summed E-state index contributed by atoms with van der Waals surface area (Å²) in [6.45, 7) is 6.16. The molecule has 2 heterocycles. The van der Waals surface area contributed by atoms with Gasteiger partial charge in [0.05, 0.1) is 10.6 Å². The Morgan fingerprint density at radius 2 is 2.03 bits per heavy atom. The van der Waals surface area contributed by atoms with Crippen molar-refractivity contribution >= 4 is 17.4 Å². The van der Waals surface area contributed by atoms with E-state index in [-0.39, 0.29) is 23.8 Å². The summed E-state index contributed by atoms with van der Waals surface area (Å²) in [5.74, 6) is 0.428. The van der Waals surface area contributed by atoms with Gasteiger partial charge in [-0.2, -0.15) is 0 Å². The zero-order chi connectivity index (χ0) is 22.1. The highest BCUT2D eigenvalue weighted by Crippen LogP contribution is 2.42. The zero-order valence-corrected chi connectivity index (χ0v) is 17.3. The maximum atomic E-state index is 12.7. The second kappa shape index (κ2) is 8.02. The van der Waals surface area contributed by atoms with Crippen LogP contribution in [-0.2, 0) is 0 Å². The molecule has 1 aromatic heterocycles. The lowest BCUT2D eigenvalue weighted by molar-refractivity contribution is -0.384. The second-order valence-corrected chi connectivity index (χ2v) is 7.46. The summed E-state index contributed by atoms with van der Waals surface area (Å²) in [5.41, 5.74) is 0.234. The van der Waals surface area contributed by atoms with Gasteiger partial charge in [-0.3, -0.25) is 19.5 Å². The smallest absolute Gasteiger partial charge is 0.317 e. The first-order chi connectivity index (χ1) is 14.2. The Bertz CT molecular complexity index is 1090. The summed E-state index contributed by atoms with van der Waals surface area (Å²) in [7, 11) is 1.67. The minimum absolute atomic E-state index is 0.106. The number of fused-ring (bicyclic) bond motifs is 1. The number of nitrogens with one attached hydrogen (secondary N) is 1. The molecule has 158 valence electrons. The normalized spacial score (nSPS) is 14.5. The van der Waals surface area contributed by atoms with Gasteiger partial charge in [0.25, 0.3) is 11.2 Å². The Labute approximate surface area is 173 Å². The van der Waals surface area contributed by atoms with Crippen molar-refractivity contribution < 1.29 is 14.5 Å². The predicted molar refractivity (Wildman–Crippen MR) is 113 cm³/mol. The molecule has 0 aliphatic carbocycles. The van der Waals surface area contributed by atoms with Crippen LogP contribution in [0.4, 0.5) is 10.5 Å². The van der Waals surface area contributed by atoms with Gasteiger partial charge in [-0.25, -0.2) is 4.79 Å². The highest BCUT2D eigenvalue weighted by Gasteiger charge is 2.37. The van der Waals surface area contributed by atoms with Crippen molar-refractivity contribution in [3.8, 4) is 5.75 Å². The number of hydrogen-bond acceptors (Lipinski definition) is 5.